The Morgan fingerprint density at radius 2 is 1.57 bits per heavy atom. The minimum Gasteiger partial charge on any atom is -0.463 e. The Hall–Kier alpha value is -3.84. The lowest BCUT2D eigenvalue weighted by molar-refractivity contribution is 0.445. The summed E-state index contributed by atoms with van der Waals surface area (Å²) in [6, 6.07) is 20.1. The van der Waals surface area contributed by atoms with Crippen molar-refractivity contribution in [3.05, 3.63) is 95.4 Å². The molecule has 172 valence electrons. The topological polar surface area (TPSA) is 76.1 Å². The van der Waals surface area contributed by atoms with Crippen LogP contribution in [0.2, 0.25) is 0 Å². The van der Waals surface area contributed by atoms with E-state index in [1.54, 1.807) is 12.5 Å². The minimum atomic E-state index is 0.0982. The average Bonchev–Trinajstić information content (AvgIpc) is 3.66. The predicted molar refractivity (Wildman–Crippen MR) is 140 cm³/mol. The standard InChI is InChI=1S/C28H21BrN4O2/c29-16-8-10-17(11-9-16)30-28-19-5-1-4-18(19)20-14-22-23(15-21(20)33-28)32-27(25-7-3-13-35-25)26(31-22)24-6-2-12-34-24/h1-4,6-15,18-19,28,30,33H,5H2. The molecular formula is C28H21BrN4O2. The van der Waals surface area contributed by atoms with Gasteiger partial charge in [0.2, 0.25) is 0 Å². The highest BCUT2D eigenvalue weighted by atomic mass is 79.9. The molecular weight excluding hydrogens is 504 g/mol. The van der Waals surface area contributed by atoms with Crippen LogP contribution in [0.4, 0.5) is 11.4 Å². The maximum atomic E-state index is 5.69. The van der Waals surface area contributed by atoms with Crippen molar-refractivity contribution in [2.45, 2.75) is 18.5 Å². The third-order valence-corrected chi connectivity index (χ3v) is 7.35. The van der Waals surface area contributed by atoms with Crippen molar-refractivity contribution >= 4 is 38.3 Å². The molecule has 1 aliphatic heterocycles. The first-order chi connectivity index (χ1) is 17.2. The van der Waals surface area contributed by atoms with E-state index in [9.17, 15) is 0 Å². The number of nitrogens with one attached hydrogen (secondary N) is 2. The molecule has 2 N–H and O–H groups in total. The highest BCUT2D eigenvalue weighted by Crippen LogP contribution is 2.46. The number of nitrogens with zero attached hydrogens (tertiary/aromatic N) is 2. The summed E-state index contributed by atoms with van der Waals surface area (Å²) < 4.78 is 12.4. The van der Waals surface area contributed by atoms with Crippen LogP contribution >= 0.6 is 15.9 Å². The molecule has 4 heterocycles. The fraction of sp³-hybridized carbons (Fsp3) is 0.143. The molecule has 0 amide bonds. The van der Waals surface area contributed by atoms with Crippen molar-refractivity contribution in [1.82, 2.24) is 9.97 Å². The summed E-state index contributed by atoms with van der Waals surface area (Å²) in [6.07, 6.45) is 9.02. The van der Waals surface area contributed by atoms with E-state index in [0.29, 0.717) is 34.7 Å². The maximum Gasteiger partial charge on any atom is 0.154 e. The van der Waals surface area contributed by atoms with Gasteiger partial charge < -0.3 is 19.5 Å². The largest absolute Gasteiger partial charge is 0.463 e. The first kappa shape index (κ1) is 20.5. The predicted octanol–water partition coefficient (Wildman–Crippen LogP) is 7.44. The molecule has 6 nitrogen and oxygen atoms in total. The van der Waals surface area contributed by atoms with Crippen LogP contribution in [-0.4, -0.2) is 16.1 Å². The van der Waals surface area contributed by atoms with Crippen LogP contribution in [0.3, 0.4) is 0 Å². The van der Waals surface area contributed by atoms with E-state index in [1.807, 2.05) is 24.3 Å². The zero-order chi connectivity index (χ0) is 23.4. The lowest BCUT2D eigenvalue weighted by atomic mass is 9.82. The fourth-order valence-electron chi connectivity index (χ4n) is 5.18. The van der Waals surface area contributed by atoms with Gasteiger partial charge in [0.25, 0.3) is 0 Å². The second kappa shape index (κ2) is 8.13. The van der Waals surface area contributed by atoms with Crippen LogP contribution in [0, 0.1) is 5.92 Å². The number of allylic oxidation sites excluding steroid dienone is 2. The van der Waals surface area contributed by atoms with E-state index >= 15 is 0 Å². The first-order valence-electron chi connectivity index (χ1n) is 11.6. The van der Waals surface area contributed by atoms with Crippen LogP contribution in [0.1, 0.15) is 17.9 Å². The number of furan rings is 2. The molecule has 35 heavy (non-hydrogen) atoms. The van der Waals surface area contributed by atoms with Crippen molar-refractivity contribution in [1.29, 1.82) is 0 Å². The van der Waals surface area contributed by atoms with Gasteiger partial charge in [0.15, 0.2) is 11.5 Å². The molecule has 0 bridgehead atoms. The zero-order valence-electron chi connectivity index (χ0n) is 18.6. The van der Waals surface area contributed by atoms with Crippen LogP contribution in [-0.2, 0) is 0 Å². The van der Waals surface area contributed by atoms with E-state index in [4.69, 9.17) is 18.8 Å². The summed E-state index contributed by atoms with van der Waals surface area (Å²) in [7, 11) is 0. The number of hydrogen-bond acceptors (Lipinski definition) is 6. The van der Waals surface area contributed by atoms with Crippen LogP contribution in [0.5, 0.6) is 0 Å². The van der Waals surface area contributed by atoms with Gasteiger partial charge in [0, 0.05) is 27.7 Å². The maximum absolute atomic E-state index is 5.69. The van der Waals surface area contributed by atoms with Crippen LogP contribution < -0.4 is 10.6 Å². The van der Waals surface area contributed by atoms with Crippen molar-refractivity contribution < 1.29 is 8.83 Å². The number of hydrogen-bond donors (Lipinski definition) is 2. The van der Waals surface area contributed by atoms with E-state index in [0.717, 1.165) is 33.3 Å². The third kappa shape index (κ3) is 3.54. The lowest BCUT2D eigenvalue weighted by Gasteiger charge is -2.38. The number of anilines is 2. The Morgan fingerprint density at radius 3 is 2.23 bits per heavy atom. The molecule has 0 spiro atoms. The molecule has 0 saturated carbocycles. The van der Waals surface area contributed by atoms with Crippen molar-refractivity contribution in [3.8, 4) is 22.9 Å². The Bertz CT molecular complexity index is 1540. The van der Waals surface area contributed by atoms with Crippen LogP contribution in [0.25, 0.3) is 33.9 Å². The van der Waals surface area contributed by atoms with Gasteiger partial charge in [-0.25, -0.2) is 9.97 Å². The first-order valence-corrected chi connectivity index (χ1v) is 12.4. The summed E-state index contributed by atoms with van der Waals surface area (Å²) in [5.41, 5.74) is 6.39. The number of benzene rings is 2. The van der Waals surface area contributed by atoms with Crippen LogP contribution in [0.15, 0.2) is 98.6 Å². The minimum absolute atomic E-state index is 0.0982. The average molecular weight is 525 g/mol. The molecule has 0 fully saturated rings. The molecule has 3 aromatic heterocycles. The molecule has 0 radical (unpaired) electrons. The molecule has 1 aliphatic carbocycles. The Morgan fingerprint density at radius 1 is 0.886 bits per heavy atom. The second-order valence-electron chi connectivity index (χ2n) is 8.93. The molecule has 7 rings (SSSR count). The summed E-state index contributed by atoms with van der Waals surface area (Å²) in [4.78, 5) is 9.99. The summed E-state index contributed by atoms with van der Waals surface area (Å²) in [5.74, 6) is 2.04. The number of aromatic nitrogens is 2. The number of fused-ring (bicyclic) bond motifs is 4. The van der Waals surface area contributed by atoms with E-state index < -0.39 is 0 Å². The van der Waals surface area contributed by atoms with Gasteiger partial charge in [0.1, 0.15) is 17.6 Å². The Kier molecular flexibility index (Phi) is 4.77. The molecule has 5 aromatic rings. The summed E-state index contributed by atoms with van der Waals surface area (Å²) in [5, 5.41) is 7.44. The van der Waals surface area contributed by atoms with Crippen molar-refractivity contribution in [2.24, 2.45) is 5.92 Å². The van der Waals surface area contributed by atoms with Gasteiger partial charge in [-0.15, -0.1) is 0 Å². The molecule has 7 heteroatoms. The molecule has 3 unspecified atom stereocenters. The van der Waals surface area contributed by atoms with E-state index in [2.05, 4.69) is 75.1 Å². The van der Waals surface area contributed by atoms with Gasteiger partial charge in [-0.1, -0.05) is 28.1 Å². The smallest absolute Gasteiger partial charge is 0.154 e. The Balaban J connectivity index is 1.34. The third-order valence-electron chi connectivity index (χ3n) is 6.82. The highest BCUT2D eigenvalue weighted by Gasteiger charge is 2.37. The summed E-state index contributed by atoms with van der Waals surface area (Å²) >= 11 is 3.52. The van der Waals surface area contributed by atoms with Gasteiger partial charge >= 0.3 is 0 Å². The van der Waals surface area contributed by atoms with E-state index in [-0.39, 0.29) is 6.17 Å². The molecule has 0 saturated heterocycles. The molecule has 2 aromatic carbocycles. The van der Waals surface area contributed by atoms with Gasteiger partial charge in [0.05, 0.1) is 23.6 Å². The zero-order valence-corrected chi connectivity index (χ0v) is 20.2. The Labute approximate surface area is 210 Å². The second-order valence-corrected chi connectivity index (χ2v) is 9.85. The van der Waals surface area contributed by atoms with Gasteiger partial charge in [-0.2, -0.15) is 0 Å². The van der Waals surface area contributed by atoms with E-state index in [1.165, 1.54) is 5.56 Å². The number of rotatable bonds is 4. The molecule has 3 atom stereocenters. The van der Waals surface area contributed by atoms with Gasteiger partial charge in [-0.3, -0.25) is 0 Å². The van der Waals surface area contributed by atoms with Crippen molar-refractivity contribution in [3.63, 3.8) is 0 Å². The lowest BCUT2D eigenvalue weighted by Crippen LogP contribution is -2.41. The van der Waals surface area contributed by atoms with Crippen molar-refractivity contribution in [2.75, 3.05) is 10.6 Å². The monoisotopic (exact) mass is 524 g/mol. The van der Waals surface area contributed by atoms with Gasteiger partial charge in [-0.05, 0) is 72.6 Å². The SMILES string of the molecule is Brc1ccc(NC2Nc3cc4nc(-c5ccco5)c(-c5ccco5)nc4cc3C3C=CCC23)cc1. The fourth-order valence-corrected chi connectivity index (χ4v) is 5.45. The normalized spacial score (nSPS) is 20.4. The highest BCUT2D eigenvalue weighted by molar-refractivity contribution is 9.10. The quantitative estimate of drug-likeness (QED) is 0.238. The number of halogens is 1. The summed E-state index contributed by atoms with van der Waals surface area (Å²) in [6.45, 7) is 0. The molecule has 2 aliphatic rings.